The molecule has 1 N–H and O–H groups in total. The van der Waals surface area contributed by atoms with E-state index in [0.29, 0.717) is 5.46 Å². The maximum absolute atomic E-state index is 9.79. The fraction of sp³-hybridized carbons (Fsp3) is 0.700. The van der Waals surface area contributed by atoms with Gasteiger partial charge in [0.25, 0.3) is 0 Å². The van der Waals surface area contributed by atoms with Gasteiger partial charge in [-0.1, -0.05) is 20.8 Å². The van der Waals surface area contributed by atoms with Crippen molar-refractivity contribution in [2.75, 3.05) is 0 Å². The van der Waals surface area contributed by atoms with Crippen molar-refractivity contribution in [1.29, 1.82) is 0 Å². The lowest BCUT2D eigenvalue weighted by molar-refractivity contribution is 0.0859. The standard InChI is InChI=1S/C10H19BN2O2/c1-8(10(2,3)4)15-11(14)9-6-12-13(5)7-9/h6-8,14H,1-5H3. The summed E-state index contributed by atoms with van der Waals surface area (Å²) in [7, 11) is 0.913. The first-order valence-electron chi connectivity index (χ1n) is 5.13. The molecule has 0 aliphatic carbocycles. The Balaban J connectivity index is 2.60. The molecule has 0 spiro atoms. The van der Waals surface area contributed by atoms with Gasteiger partial charge in [0, 0.05) is 31.0 Å². The summed E-state index contributed by atoms with van der Waals surface area (Å²) >= 11 is 0. The van der Waals surface area contributed by atoms with Gasteiger partial charge in [-0.2, -0.15) is 5.10 Å². The summed E-state index contributed by atoms with van der Waals surface area (Å²) in [5.41, 5.74) is 0.706. The normalized spacial score (nSPS) is 14.0. The Hall–Kier alpha value is -0.805. The fourth-order valence-corrected chi connectivity index (χ4v) is 1.04. The average molecular weight is 210 g/mol. The van der Waals surface area contributed by atoms with Gasteiger partial charge < -0.3 is 9.68 Å². The molecule has 0 fully saturated rings. The third kappa shape index (κ3) is 3.36. The first kappa shape index (κ1) is 12.3. The molecule has 4 nitrogen and oxygen atoms in total. The zero-order valence-corrected chi connectivity index (χ0v) is 10.1. The molecular formula is C10H19BN2O2. The molecule has 0 aliphatic heterocycles. The summed E-state index contributed by atoms with van der Waals surface area (Å²) in [6.45, 7) is 8.19. The highest BCUT2D eigenvalue weighted by Crippen LogP contribution is 2.21. The largest absolute Gasteiger partial charge is 0.494 e. The molecule has 1 aromatic rings. The number of rotatable bonds is 3. The number of aromatic nitrogens is 2. The summed E-state index contributed by atoms with van der Waals surface area (Å²) in [6.07, 6.45) is 3.34. The Morgan fingerprint density at radius 2 is 2.13 bits per heavy atom. The van der Waals surface area contributed by atoms with E-state index in [1.807, 2.05) is 14.0 Å². The molecule has 0 saturated carbocycles. The summed E-state index contributed by atoms with van der Waals surface area (Å²) < 4.78 is 7.16. The van der Waals surface area contributed by atoms with Crippen LogP contribution in [0.15, 0.2) is 12.4 Å². The molecule has 1 rings (SSSR count). The third-order valence-electron chi connectivity index (χ3n) is 2.56. The van der Waals surface area contributed by atoms with Gasteiger partial charge >= 0.3 is 7.12 Å². The van der Waals surface area contributed by atoms with Crippen molar-refractivity contribution in [1.82, 2.24) is 9.78 Å². The predicted octanol–water partition coefficient (Wildman–Crippen LogP) is 0.559. The molecule has 0 aliphatic rings. The summed E-state index contributed by atoms with van der Waals surface area (Å²) in [5, 5.41) is 13.8. The second-order valence-electron chi connectivity index (χ2n) is 4.94. The predicted molar refractivity (Wildman–Crippen MR) is 60.8 cm³/mol. The van der Waals surface area contributed by atoms with Crippen molar-refractivity contribution in [3.8, 4) is 0 Å². The molecule has 0 aromatic carbocycles. The third-order valence-corrected chi connectivity index (χ3v) is 2.56. The topological polar surface area (TPSA) is 47.3 Å². The van der Waals surface area contributed by atoms with Crippen LogP contribution in [-0.2, 0) is 11.7 Å². The van der Waals surface area contributed by atoms with Crippen molar-refractivity contribution < 1.29 is 9.68 Å². The monoisotopic (exact) mass is 210 g/mol. The summed E-state index contributed by atoms with van der Waals surface area (Å²) in [5.74, 6) is 0. The molecule has 0 radical (unpaired) electrons. The molecular weight excluding hydrogens is 191 g/mol. The van der Waals surface area contributed by atoms with E-state index >= 15 is 0 Å². The Kier molecular flexibility index (Phi) is 3.57. The van der Waals surface area contributed by atoms with Crippen LogP contribution in [0.2, 0.25) is 0 Å². The van der Waals surface area contributed by atoms with Crippen LogP contribution in [-0.4, -0.2) is 28.0 Å². The van der Waals surface area contributed by atoms with Gasteiger partial charge in [0.2, 0.25) is 0 Å². The number of hydrogen-bond acceptors (Lipinski definition) is 3. The lowest BCUT2D eigenvalue weighted by atomic mass is 9.80. The second-order valence-corrected chi connectivity index (χ2v) is 4.94. The minimum atomic E-state index is -0.895. The van der Waals surface area contributed by atoms with E-state index in [4.69, 9.17) is 4.65 Å². The maximum atomic E-state index is 9.79. The van der Waals surface area contributed by atoms with Gasteiger partial charge in [-0.3, -0.25) is 4.68 Å². The van der Waals surface area contributed by atoms with E-state index in [1.54, 1.807) is 17.1 Å². The Morgan fingerprint density at radius 3 is 2.53 bits per heavy atom. The first-order chi connectivity index (χ1) is 6.80. The molecule has 0 bridgehead atoms. The van der Waals surface area contributed by atoms with Crippen molar-refractivity contribution in [3.63, 3.8) is 0 Å². The van der Waals surface area contributed by atoms with Crippen LogP contribution in [0.1, 0.15) is 27.7 Å². The lowest BCUT2D eigenvalue weighted by Gasteiger charge is -2.28. The summed E-state index contributed by atoms with van der Waals surface area (Å²) in [4.78, 5) is 0. The van der Waals surface area contributed by atoms with Crippen molar-refractivity contribution in [2.45, 2.75) is 33.8 Å². The van der Waals surface area contributed by atoms with Gasteiger partial charge in [-0.05, 0) is 12.3 Å². The van der Waals surface area contributed by atoms with Crippen LogP contribution >= 0.6 is 0 Å². The SMILES string of the molecule is CC(OB(O)c1cnn(C)c1)C(C)(C)C. The molecule has 84 valence electrons. The van der Waals surface area contributed by atoms with E-state index in [1.165, 1.54) is 0 Å². The number of aryl methyl sites for hydroxylation is 1. The van der Waals surface area contributed by atoms with Crippen LogP contribution in [0.5, 0.6) is 0 Å². The van der Waals surface area contributed by atoms with Crippen LogP contribution in [0.25, 0.3) is 0 Å². The quantitative estimate of drug-likeness (QED) is 0.741. The molecule has 1 aromatic heterocycles. The number of nitrogens with zero attached hydrogens (tertiary/aromatic N) is 2. The van der Waals surface area contributed by atoms with Gasteiger partial charge in [0.05, 0.1) is 0 Å². The lowest BCUT2D eigenvalue weighted by Crippen LogP contribution is -2.40. The highest BCUT2D eigenvalue weighted by molar-refractivity contribution is 6.59. The Labute approximate surface area is 91.4 Å². The van der Waals surface area contributed by atoms with E-state index in [9.17, 15) is 5.02 Å². The molecule has 5 heteroatoms. The molecule has 1 unspecified atom stereocenters. The molecule has 1 heterocycles. The summed E-state index contributed by atoms with van der Waals surface area (Å²) in [6, 6.07) is 0. The van der Waals surface area contributed by atoms with E-state index < -0.39 is 7.12 Å². The minimum Gasteiger partial charge on any atom is -0.423 e. The maximum Gasteiger partial charge on any atom is 0.494 e. The van der Waals surface area contributed by atoms with E-state index in [-0.39, 0.29) is 11.5 Å². The zero-order valence-electron chi connectivity index (χ0n) is 10.1. The zero-order chi connectivity index (χ0) is 11.6. The van der Waals surface area contributed by atoms with Crippen LogP contribution in [0, 0.1) is 5.41 Å². The van der Waals surface area contributed by atoms with Crippen molar-refractivity contribution >= 4 is 12.6 Å². The van der Waals surface area contributed by atoms with Crippen LogP contribution in [0.4, 0.5) is 0 Å². The van der Waals surface area contributed by atoms with Crippen molar-refractivity contribution in [3.05, 3.63) is 12.4 Å². The van der Waals surface area contributed by atoms with Gasteiger partial charge in [-0.15, -0.1) is 0 Å². The Morgan fingerprint density at radius 1 is 1.53 bits per heavy atom. The molecule has 15 heavy (non-hydrogen) atoms. The van der Waals surface area contributed by atoms with Crippen LogP contribution < -0.4 is 5.46 Å². The van der Waals surface area contributed by atoms with Crippen molar-refractivity contribution in [2.24, 2.45) is 12.5 Å². The fourth-order valence-electron chi connectivity index (χ4n) is 1.04. The first-order valence-corrected chi connectivity index (χ1v) is 5.13. The van der Waals surface area contributed by atoms with Gasteiger partial charge in [0.15, 0.2) is 0 Å². The molecule has 0 saturated heterocycles. The highest BCUT2D eigenvalue weighted by atomic mass is 16.5. The van der Waals surface area contributed by atoms with E-state index in [0.717, 1.165) is 0 Å². The molecule has 0 amide bonds. The average Bonchev–Trinajstić information content (AvgIpc) is 2.50. The Bertz CT molecular complexity index is 319. The smallest absolute Gasteiger partial charge is 0.423 e. The molecule has 1 atom stereocenters. The van der Waals surface area contributed by atoms with Gasteiger partial charge in [0.1, 0.15) is 0 Å². The van der Waals surface area contributed by atoms with E-state index in [2.05, 4.69) is 25.9 Å². The second kappa shape index (κ2) is 4.37. The van der Waals surface area contributed by atoms with Crippen LogP contribution in [0.3, 0.4) is 0 Å². The number of hydrogen-bond donors (Lipinski definition) is 1. The van der Waals surface area contributed by atoms with Gasteiger partial charge in [-0.25, -0.2) is 0 Å². The highest BCUT2D eigenvalue weighted by Gasteiger charge is 2.27. The minimum absolute atomic E-state index is 0.0171.